The van der Waals surface area contributed by atoms with E-state index in [0.29, 0.717) is 51.5 Å². The molecule has 39 heavy (non-hydrogen) atoms. The van der Waals surface area contributed by atoms with Crippen molar-refractivity contribution < 1.29 is 18.3 Å². The van der Waals surface area contributed by atoms with Crippen molar-refractivity contribution in [3.05, 3.63) is 89.1 Å². The van der Waals surface area contributed by atoms with Crippen LogP contribution in [0.1, 0.15) is 23.2 Å². The van der Waals surface area contributed by atoms with Crippen LogP contribution >= 0.6 is 11.3 Å². The molecule has 5 aromatic rings. The third kappa shape index (κ3) is 3.98. The highest BCUT2D eigenvalue weighted by Gasteiger charge is 2.45. The van der Waals surface area contributed by atoms with Crippen molar-refractivity contribution in [2.45, 2.75) is 30.8 Å². The number of carbonyl (C=O) groups is 1. The van der Waals surface area contributed by atoms with Gasteiger partial charge in [-0.2, -0.15) is 0 Å². The Balaban J connectivity index is 1.45. The molecule has 0 aliphatic carbocycles. The van der Waals surface area contributed by atoms with E-state index in [0.717, 1.165) is 11.1 Å². The van der Waals surface area contributed by atoms with Crippen molar-refractivity contribution >= 4 is 38.3 Å². The van der Waals surface area contributed by atoms with Gasteiger partial charge < -0.3 is 10.0 Å². The minimum atomic E-state index is -3.91. The van der Waals surface area contributed by atoms with Gasteiger partial charge in [0.1, 0.15) is 5.01 Å². The molecule has 4 heterocycles. The fraction of sp³-hybridized carbons (Fsp3) is 0.207. The van der Waals surface area contributed by atoms with Gasteiger partial charge in [-0.3, -0.25) is 4.79 Å². The van der Waals surface area contributed by atoms with Gasteiger partial charge in [-0.25, -0.2) is 22.4 Å². The smallest absolute Gasteiger partial charge is 0.269 e. The summed E-state index contributed by atoms with van der Waals surface area (Å²) in [5.74, 6) is -0.315. The first kappa shape index (κ1) is 25.4. The van der Waals surface area contributed by atoms with Gasteiger partial charge in [0.25, 0.3) is 15.9 Å². The van der Waals surface area contributed by atoms with Gasteiger partial charge in [0.15, 0.2) is 11.2 Å². The number of aryl methyl sites for hydroxylation is 1. The zero-order valence-corrected chi connectivity index (χ0v) is 23.3. The van der Waals surface area contributed by atoms with E-state index in [2.05, 4.69) is 4.98 Å². The van der Waals surface area contributed by atoms with Crippen LogP contribution in [0.5, 0.6) is 0 Å². The van der Waals surface area contributed by atoms with E-state index >= 15 is 0 Å². The number of fused-ring (bicyclic) bond motifs is 1. The summed E-state index contributed by atoms with van der Waals surface area (Å²) in [6.07, 6.45) is 1.91. The van der Waals surface area contributed by atoms with E-state index in [1.54, 1.807) is 62.6 Å². The third-order valence-corrected chi connectivity index (χ3v) is 9.99. The molecule has 1 amide bonds. The van der Waals surface area contributed by atoms with Gasteiger partial charge in [0, 0.05) is 53.8 Å². The molecule has 0 spiro atoms. The molecule has 3 aromatic heterocycles. The molecular weight excluding hydrogens is 532 g/mol. The second-order valence-corrected chi connectivity index (χ2v) is 12.5. The molecule has 1 saturated heterocycles. The molecule has 1 aliphatic heterocycles. The lowest BCUT2D eigenvalue weighted by Gasteiger charge is -2.21. The van der Waals surface area contributed by atoms with Crippen LogP contribution in [0, 0.1) is 13.8 Å². The molecule has 1 atom stereocenters. The number of benzene rings is 2. The number of hydrogen-bond donors (Lipinski definition) is 1. The van der Waals surface area contributed by atoms with Gasteiger partial charge in [-0.15, -0.1) is 11.3 Å². The maximum Gasteiger partial charge on any atom is 0.269 e. The maximum absolute atomic E-state index is 13.7. The largest absolute Gasteiger partial charge is 0.375 e. The van der Waals surface area contributed by atoms with Gasteiger partial charge in [0.2, 0.25) is 0 Å². The Kier molecular flexibility index (Phi) is 5.94. The average Bonchev–Trinajstić information content (AvgIpc) is 3.60. The van der Waals surface area contributed by atoms with Crippen LogP contribution in [-0.2, 0) is 20.4 Å². The van der Waals surface area contributed by atoms with Crippen LogP contribution in [-0.4, -0.2) is 51.9 Å². The monoisotopic (exact) mass is 558 g/mol. The van der Waals surface area contributed by atoms with Crippen molar-refractivity contribution in [3.63, 3.8) is 0 Å². The molecule has 6 rings (SSSR count). The Bertz CT molecular complexity index is 1860. The first-order valence-electron chi connectivity index (χ1n) is 12.4. The van der Waals surface area contributed by atoms with E-state index in [9.17, 15) is 18.3 Å². The number of aliphatic hydroxyl groups is 1. The molecule has 0 radical (unpaired) electrons. The molecule has 0 saturated carbocycles. The van der Waals surface area contributed by atoms with Crippen molar-refractivity contribution in [2.24, 2.45) is 0 Å². The van der Waals surface area contributed by atoms with Crippen LogP contribution in [0.15, 0.2) is 77.1 Å². The number of likely N-dealkylation sites (tertiary alicyclic amines) is 1. The number of rotatable bonds is 5. The Labute approximate surface area is 230 Å². The van der Waals surface area contributed by atoms with Crippen molar-refractivity contribution in [2.75, 3.05) is 13.6 Å². The Morgan fingerprint density at radius 3 is 2.54 bits per heavy atom. The zero-order chi connectivity index (χ0) is 27.5. The van der Waals surface area contributed by atoms with Crippen molar-refractivity contribution in [1.82, 2.24) is 18.8 Å². The minimum absolute atomic E-state index is 0.187. The highest BCUT2D eigenvalue weighted by Crippen LogP contribution is 2.40. The number of hydrogen-bond acceptors (Lipinski definition) is 7. The molecule has 10 heteroatoms. The summed E-state index contributed by atoms with van der Waals surface area (Å²) in [6, 6.07) is 17.6. The predicted octanol–water partition coefficient (Wildman–Crippen LogP) is 4.73. The molecule has 8 nitrogen and oxygen atoms in total. The van der Waals surface area contributed by atoms with Crippen LogP contribution in [0.2, 0.25) is 0 Å². The Morgan fingerprint density at radius 1 is 1.05 bits per heavy atom. The quantitative estimate of drug-likeness (QED) is 0.334. The number of nitrogens with zero attached hydrogens (tertiary/aromatic N) is 4. The average molecular weight is 559 g/mol. The molecule has 2 aromatic carbocycles. The second-order valence-electron chi connectivity index (χ2n) is 9.87. The molecule has 1 N–H and O–H groups in total. The summed E-state index contributed by atoms with van der Waals surface area (Å²) < 4.78 is 28.8. The number of carbonyl (C=O) groups excluding carboxylic acids is 1. The molecule has 0 bridgehead atoms. The van der Waals surface area contributed by atoms with Crippen LogP contribution in [0.3, 0.4) is 0 Å². The predicted molar refractivity (Wildman–Crippen MR) is 151 cm³/mol. The molecule has 198 valence electrons. The summed E-state index contributed by atoms with van der Waals surface area (Å²) in [5, 5.41) is 14.4. The lowest BCUT2D eigenvalue weighted by molar-refractivity contribution is -0.143. The van der Waals surface area contributed by atoms with Crippen molar-refractivity contribution in [1.29, 1.82) is 0 Å². The van der Waals surface area contributed by atoms with Gasteiger partial charge in [-0.05, 0) is 49.7 Å². The topological polar surface area (TPSA) is 105 Å². The molecule has 0 unspecified atom stereocenters. The first-order valence-corrected chi connectivity index (χ1v) is 14.8. The van der Waals surface area contributed by atoms with E-state index in [-0.39, 0.29) is 10.8 Å². The Hall–Kier alpha value is -3.86. The normalized spacial score (nSPS) is 17.8. The van der Waals surface area contributed by atoms with Gasteiger partial charge >= 0.3 is 0 Å². The zero-order valence-electron chi connectivity index (χ0n) is 21.6. The maximum atomic E-state index is 13.7. The fourth-order valence-corrected chi connectivity index (χ4v) is 7.62. The van der Waals surface area contributed by atoms with E-state index in [1.807, 2.05) is 30.5 Å². The van der Waals surface area contributed by atoms with Crippen LogP contribution in [0.25, 0.3) is 32.9 Å². The van der Waals surface area contributed by atoms with Crippen LogP contribution in [0.4, 0.5) is 0 Å². The standard InChI is InChI=1S/C29H26N4O4S2/c1-18-9-11-22(12-10-18)39(36,37)33-19(2)25(23-8-5-14-30-26(23)33)27-31-24(17-38-27)20-6-4-7-21(16-20)29(35)13-15-32(3)28(29)34/h4-12,14,16-17,35H,13,15H2,1-3H3/t29-/m1/s1. The molecular formula is C29H26N4O4S2. The summed E-state index contributed by atoms with van der Waals surface area (Å²) in [6.45, 7) is 4.16. The minimum Gasteiger partial charge on any atom is -0.375 e. The SMILES string of the molecule is Cc1ccc(S(=O)(=O)n2c(C)c(-c3nc(-c4cccc([C@]5(O)CCN(C)C5=O)c4)cs3)c3cccnc32)cc1. The van der Waals surface area contributed by atoms with E-state index in [4.69, 9.17) is 4.98 Å². The highest BCUT2D eigenvalue weighted by atomic mass is 32.2. The Morgan fingerprint density at radius 2 is 1.82 bits per heavy atom. The fourth-order valence-electron chi connectivity index (χ4n) is 5.17. The van der Waals surface area contributed by atoms with E-state index in [1.165, 1.54) is 20.2 Å². The highest BCUT2D eigenvalue weighted by molar-refractivity contribution is 7.90. The van der Waals surface area contributed by atoms with Gasteiger partial charge in [0.05, 0.1) is 10.6 Å². The lowest BCUT2D eigenvalue weighted by Crippen LogP contribution is -2.36. The summed E-state index contributed by atoms with van der Waals surface area (Å²) in [5.41, 5.74) is 2.95. The number of amides is 1. The number of pyridine rings is 1. The third-order valence-electron chi connectivity index (χ3n) is 7.34. The van der Waals surface area contributed by atoms with E-state index < -0.39 is 15.6 Å². The molecule has 1 aliphatic rings. The first-order chi connectivity index (χ1) is 18.6. The number of likely N-dealkylation sites (N-methyl/N-ethyl adjacent to an activating group) is 1. The molecule has 1 fully saturated rings. The van der Waals surface area contributed by atoms with Crippen LogP contribution < -0.4 is 0 Å². The van der Waals surface area contributed by atoms with Gasteiger partial charge in [-0.1, -0.05) is 35.9 Å². The summed E-state index contributed by atoms with van der Waals surface area (Å²) in [4.78, 5) is 23.7. The van der Waals surface area contributed by atoms with Crippen molar-refractivity contribution in [3.8, 4) is 21.8 Å². The number of thiazole rings is 1. The summed E-state index contributed by atoms with van der Waals surface area (Å²) >= 11 is 1.40. The lowest BCUT2D eigenvalue weighted by atomic mass is 9.90. The number of aromatic nitrogens is 3. The second kappa shape index (κ2) is 9.11. The summed E-state index contributed by atoms with van der Waals surface area (Å²) in [7, 11) is -2.23.